The van der Waals surface area contributed by atoms with Crippen LogP contribution in [0.5, 0.6) is 5.75 Å². The summed E-state index contributed by atoms with van der Waals surface area (Å²) in [6.45, 7) is 8.58. The molecule has 1 aromatic heterocycles. The average Bonchev–Trinajstić information content (AvgIpc) is 3.05. The topological polar surface area (TPSA) is 113 Å². The molecule has 2 aromatic carbocycles. The van der Waals surface area contributed by atoms with Gasteiger partial charge in [0, 0.05) is 54.9 Å². The first-order valence-corrected chi connectivity index (χ1v) is 16.1. The van der Waals surface area contributed by atoms with Crippen molar-refractivity contribution >= 4 is 35.3 Å². The Morgan fingerprint density at radius 1 is 1.02 bits per heavy atom. The maximum absolute atomic E-state index is 13.9. The van der Waals surface area contributed by atoms with Gasteiger partial charge in [0.1, 0.15) is 5.75 Å². The third kappa shape index (κ3) is 6.54. The molecule has 1 saturated heterocycles. The molecule has 2 amide bonds. The third-order valence-corrected chi connectivity index (χ3v) is 9.37. The number of ether oxygens (including phenoxy) is 2. The van der Waals surface area contributed by atoms with Gasteiger partial charge < -0.3 is 30.0 Å². The number of fused-ring (bicyclic) bond motifs is 2. The SMILES string of the molecule is CCN(c1cc(/C=C/c2ccc3c(c2)NC(=O)CO3)cc(C(=O)NCc2c(C)c3c([nH]c2=O)CCCC3)c1C)C1CCOCC1. The number of carbonyl (C=O) groups excluding carboxylic acids is 2. The summed E-state index contributed by atoms with van der Waals surface area (Å²) in [7, 11) is 0. The Kier molecular flexibility index (Phi) is 9.07. The first-order chi connectivity index (χ1) is 21.8. The summed E-state index contributed by atoms with van der Waals surface area (Å²) in [5.41, 5.74) is 8.68. The number of aromatic amines is 1. The first-order valence-electron chi connectivity index (χ1n) is 16.1. The molecule has 3 N–H and O–H groups in total. The molecule has 1 aliphatic carbocycles. The van der Waals surface area contributed by atoms with Gasteiger partial charge in [0.2, 0.25) is 0 Å². The third-order valence-electron chi connectivity index (χ3n) is 9.37. The minimum absolute atomic E-state index is 0.0145. The van der Waals surface area contributed by atoms with Crippen LogP contribution in [0.3, 0.4) is 0 Å². The number of rotatable bonds is 8. The zero-order valence-electron chi connectivity index (χ0n) is 26.4. The van der Waals surface area contributed by atoms with Crippen molar-refractivity contribution in [2.45, 2.75) is 71.9 Å². The minimum atomic E-state index is -0.211. The lowest BCUT2D eigenvalue weighted by atomic mass is 9.90. The van der Waals surface area contributed by atoms with E-state index in [2.05, 4.69) is 33.5 Å². The molecule has 3 heterocycles. The van der Waals surface area contributed by atoms with E-state index in [1.807, 2.05) is 50.3 Å². The summed E-state index contributed by atoms with van der Waals surface area (Å²) in [6, 6.07) is 10.0. The van der Waals surface area contributed by atoms with Crippen LogP contribution in [0.1, 0.15) is 82.0 Å². The molecule has 45 heavy (non-hydrogen) atoms. The molecular formula is C36H42N4O5. The maximum Gasteiger partial charge on any atom is 0.262 e. The molecule has 0 atom stereocenters. The van der Waals surface area contributed by atoms with Crippen LogP contribution in [0.4, 0.5) is 11.4 Å². The van der Waals surface area contributed by atoms with Crippen LogP contribution in [0.25, 0.3) is 12.2 Å². The number of amides is 2. The second-order valence-corrected chi connectivity index (χ2v) is 12.2. The molecule has 236 valence electrons. The van der Waals surface area contributed by atoms with Gasteiger partial charge in [-0.05, 0) is 111 Å². The molecule has 9 heteroatoms. The molecule has 6 rings (SSSR count). The Labute approximate surface area is 264 Å². The molecule has 1 fully saturated rings. The summed E-state index contributed by atoms with van der Waals surface area (Å²) >= 11 is 0. The van der Waals surface area contributed by atoms with Crippen molar-refractivity contribution in [3.63, 3.8) is 0 Å². The van der Waals surface area contributed by atoms with E-state index < -0.39 is 0 Å². The van der Waals surface area contributed by atoms with E-state index in [0.717, 1.165) is 91.9 Å². The Morgan fingerprint density at radius 3 is 2.60 bits per heavy atom. The number of hydrogen-bond donors (Lipinski definition) is 3. The summed E-state index contributed by atoms with van der Waals surface area (Å²) < 4.78 is 11.1. The molecule has 0 bridgehead atoms. The molecule has 0 saturated carbocycles. The standard InChI is InChI=1S/C36H42N4O5/c1-4-40(26-13-15-44-16-14-26)32-19-25(10-9-24-11-12-33-31(18-24)38-34(41)21-45-33)17-28(23(32)3)35(42)37-20-29-22(2)27-7-5-6-8-30(27)39-36(29)43/h9-12,17-19,26H,4-8,13-16,20-21H2,1-3H3,(H,37,42)(H,38,41)(H,39,43)/b10-9+. The number of carbonyl (C=O) groups is 2. The fraction of sp³-hybridized carbons (Fsp3) is 0.417. The molecular weight excluding hydrogens is 568 g/mol. The molecule has 3 aliphatic rings. The van der Waals surface area contributed by atoms with Crippen molar-refractivity contribution in [3.8, 4) is 5.75 Å². The molecule has 3 aromatic rings. The fourth-order valence-electron chi connectivity index (χ4n) is 6.87. The Balaban J connectivity index is 1.32. The number of hydrogen-bond acceptors (Lipinski definition) is 6. The molecule has 0 unspecified atom stereocenters. The summed E-state index contributed by atoms with van der Waals surface area (Å²) in [5.74, 6) is 0.256. The van der Waals surface area contributed by atoms with E-state index in [1.165, 1.54) is 5.56 Å². The van der Waals surface area contributed by atoms with Crippen molar-refractivity contribution in [3.05, 3.63) is 85.3 Å². The summed E-state index contributed by atoms with van der Waals surface area (Å²) in [6.07, 6.45) is 9.87. The number of H-pyrrole nitrogens is 1. The number of aryl methyl sites for hydroxylation is 1. The van der Waals surface area contributed by atoms with Crippen LogP contribution in [0.15, 0.2) is 35.1 Å². The molecule has 0 radical (unpaired) electrons. The first kappa shape index (κ1) is 30.6. The highest BCUT2D eigenvalue weighted by molar-refractivity contribution is 5.98. The predicted octanol–water partition coefficient (Wildman–Crippen LogP) is 5.31. The summed E-state index contributed by atoms with van der Waals surface area (Å²) in [5, 5.41) is 5.93. The van der Waals surface area contributed by atoms with Gasteiger partial charge in [-0.2, -0.15) is 0 Å². The lowest BCUT2D eigenvalue weighted by Crippen LogP contribution is -2.40. The van der Waals surface area contributed by atoms with Gasteiger partial charge in [0.05, 0.1) is 5.69 Å². The van der Waals surface area contributed by atoms with Gasteiger partial charge in [-0.3, -0.25) is 14.4 Å². The van der Waals surface area contributed by atoms with Crippen molar-refractivity contribution in [1.29, 1.82) is 0 Å². The second kappa shape index (κ2) is 13.3. The largest absolute Gasteiger partial charge is 0.482 e. The van der Waals surface area contributed by atoms with Crippen molar-refractivity contribution in [2.75, 3.05) is 36.6 Å². The highest BCUT2D eigenvalue weighted by Crippen LogP contribution is 2.32. The molecule has 0 spiro atoms. The Morgan fingerprint density at radius 2 is 1.80 bits per heavy atom. The highest BCUT2D eigenvalue weighted by atomic mass is 16.5. The number of nitrogens with one attached hydrogen (secondary N) is 3. The minimum Gasteiger partial charge on any atom is -0.482 e. The van der Waals surface area contributed by atoms with Crippen LogP contribution in [0.2, 0.25) is 0 Å². The summed E-state index contributed by atoms with van der Waals surface area (Å²) in [4.78, 5) is 44.2. The zero-order valence-corrected chi connectivity index (χ0v) is 26.4. The Hall–Kier alpha value is -4.37. The second-order valence-electron chi connectivity index (χ2n) is 12.2. The van der Waals surface area contributed by atoms with Gasteiger partial charge >= 0.3 is 0 Å². The van der Waals surface area contributed by atoms with E-state index in [9.17, 15) is 14.4 Å². The normalized spacial score (nSPS) is 16.5. The highest BCUT2D eigenvalue weighted by Gasteiger charge is 2.25. The quantitative estimate of drug-likeness (QED) is 0.298. The fourth-order valence-corrected chi connectivity index (χ4v) is 6.87. The van der Waals surface area contributed by atoms with E-state index in [0.29, 0.717) is 28.6 Å². The lowest BCUT2D eigenvalue weighted by Gasteiger charge is -2.36. The van der Waals surface area contributed by atoms with Crippen LogP contribution in [-0.2, 0) is 28.9 Å². The lowest BCUT2D eigenvalue weighted by molar-refractivity contribution is -0.118. The van der Waals surface area contributed by atoms with E-state index in [-0.39, 0.29) is 30.5 Å². The number of aromatic nitrogens is 1. The van der Waals surface area contributed by atoms with E-state index in [4.69, 9.17) is 9.47 Å². The molecule has 2 aliphatic heterocycles. The van der Waals surface area contributed by atoms with Gasteiger partial charge in [-0.25, -0.2) is 0 Å². The smallest absolute Gasteiger partial charge is 0.262 e. The monoisotopic (exact) mass is 610 g/mol. The van der Waals surface area contributed by atoms with E-state index in [1.54, 1.807) is 0 Å². The van der Waals surface area contributed by atoms with Crippen molar-refractivity contribution < 1.29 is 19.1 Å². The van der Waals surface area contributed by atoms with Gasteiger partial charge in [0.25, 0.3) is 17.4 Å². The molecule has 9 nitrogen and oxygen atoms in total. The maximum atomic E-state index is 13.9. The van der Waals surface area contributed by atoms with Crippen LogP contribution >= 0.6 is 0 Å². The van der Waals surface area contributed by atoms with E-state index >= 15 is 0 Å². The van der Waals surface area contributed by atoms with Gasteiger partial charge in [-0.15, -0.1) is 0 Å². The number of pyridine rings is 1. The Bertz CT molecular complexity index is 1700. The zero-order chi connectivity index (χ0) is 31.5. The van der Waals surface area contributed by atoms with Crippen LogP contribution in [0, 0.1) is 13.8 Å². The number of benzene rings is 2. The van der Waals surface area contributed by atoms with Crippen molar-refractivity contribution in [1.82, 2.24) is 10.3 Å². The van der Waals surface area contributed by atoms with Crippen LogP contribution in [-0.4, -0.2) is 49.2 Å². The van der Waals surface area contributed by atoms with Crippen molar-refractivity contribution in [2.24, 2.45) is 0 Å². The number of anilines is 2. The van der Waals surface area contributed by atoms with Crippen LogP contribution < -0.4 is 25.8 Å². The number of nitrogens with zero attached hydrogens (tertiary/aromatic N) is 1. The average molecular weight is 611 g/mol. The van der Waals surface area contributed by atoms with Gasteiger partial charge in [0.15, 0.2) is 6.61 Å². The predicted molar refractivity (Wildman–Crippen MR) is 177 cm³/mol. The van der Waals surface area contributed by atoms with Gasteiger partial charge in [-0.1, -0.05) is 18.2 Å².